The summed E-state index contributed by atoms with van der Waals surface area (Å²) >= 11 is 3.19. The molecule has 0 unspecified atom stereocenters. The van der Waals surface area contributed by atoms with E-state index in [9.17, 15) is 4.39 Å². The molecule has 88 valence electrons. The van der Waals surface area contributed by atoms with Crippen LogP contribution >= 0.6 is 15.9 Å². The number of hydrogen-bond acceptors (Lipinski definition) is 3. The molecule has 1 aliphatic rings. The maximum atomic E-state index is 13.9. The Morgan fingerprint density at radius 3 is 2.94 bits per heavy atom. The predicted octanol–water partition coefficient (Wildman–Crippen LogP) is 2.12. The lowest BCUT2D eigenvalue weighted by molar-refractivity contribution is 0.168. The molecule has 2 rings (SSSR count). The summed E-state index contributed by atoms with van der Waals surface area (Å²) in [6.07, 6.45) is 0.577. The highest BCUT2D eigenvalue weighted by atomic mass is 79.9. The molecule has 0 spiro atoms. The van der Waals surface area contributed by atoms with Crippen molar-refractivity contribution >= 4 is 15.9 Å². The van der Waals surface area contributed by atoms with Crippen LogP contribution in [0.15, 0.2) is 10.5 Å². The summed E-state index contributed by atoms with van der Waals surface area (Å²) < 4.78 is 25.2. The van der Waals surface area contributed by atoms with Gasteiger partial charge in [0.05, 0.1) is 4.47 Å². The highest BCUT2D eigenvalue weighted by Gasteiger charge is 2.21. The fourth-order valence-corrected chi connectivity index (χ4v) is 2.12. The van der Waals surface area contributed by atoms with Crippen LogP contribution in [0, 0.1) is 5.82 Å². The van der Waals surface area contributed by atoms with Crippen LogP contribution in [0.25, 0.3) is 0 Å². The number of fused-ring (bicyclic) bond motifs is 1. The fourth-order valence-electron chi connectivity index (χ4n) is 1.67. The van der Waals surface area contributed by atoms with Gasteiger partial charge in [-0.05, 0) is 35.9 Å². The number of nitrogens with one attached hydrogen (secondary N) is 1. The van der Waals surface area contributed by atoms with Gasteiger partial charge in [0.1, 0.15) is 19.0 Å². The average Bonchev–Trinajstić information content (AvgIpc) is 2.30. The zero-order valence-corrected chi connectivity index (χ0v) is 10.6. The molecule has 1 aromatic carbocycles. The van der Waals surface area contributed by atoms with E-state index in [1.807, 2.05) is 7.05 Å². The van der Waals surface area contributed by atoms with E-state index in [0.717, 1.165) is 0 Å². The van der Waals surface area contributed by atoms with Gasteiger partial charge < -0.3 is 14.8 Å². The van der Waals surface area contributed by atoms with Gasteiger partial charge in [0.25, 0.3) is 0 Å². The highest BCUT2D eigenvalue weighted by molar-refractivity contribution is 9.10. The van der Waals surface area contributed by atoms with Gasteiger partial charge in [-0.2, -0.15) is 0 Å². The lowest BCUT2D eigenvalue weighted by Gasteiger charge is -2.22. The second kappa shape index (κ2) is 5.01. The summed E-state index contributed by atoms with van der Waals surface area (Å²) in [5.41, 5.74) is 0.568. The number of ether oxygens (including phenoxy) is 2. The van der Waals surface area contributed by atoms with Gasteiger partial charge in [0.2, 0.25) is 0 Å². The maximum absolute atomic E-state index is 13.9. The normalized spacial score (nSPS) is 13.9. The number of hydrogen-bond donors (Lipinski definition) is 1. The zero-order chi connectivity index (χ0) is 11.5. The number of rotatable bonds is 3. The van der Waals surface area contributed by atoms with Crippen LogP contribution in [0.3, 0.4) is 0 Å². The van der Waals surface area contributed by atoms with E-state index in [2.05, 4.69) is 21.2 Å². The molecule has 1 aromatic rings. The molecule has 0 fully saturated rings. The van der Waals surface area contributed by atoms with E-state index in [1.165, 1.54) is 0 Å². The molecule has 0 radical (unpaired) electrons. The third-order valence-corrected chi connectivity index (χ3v) is 3.02. The van der Waals surface area contributed by atoms with Crippen molar-refractivity contribution in [2.75, 3.05) is 26.8 Å². The van der Waals surface area contributed by atoms with Crippen LogP contribution in [-0.4, -0.2) is 26.8 Å². The second-order valence-corrected chi connectivity index (χ2v) is 4.38. The molecule has 0 bridgehead atoms. The van der Waals surface area contributed by atoms with E-state index in [0.29, 0.717) is 47.7 Å². The molecule has 0 atom stereocenters. The quantitative estimate of drug-likeness (QED) is 0.925. The lowest BCUT2D eigenvalue weighted by Crippen LogP contribution is -2.19. The summed E-state index contributed by atoms with van der Waals surface area (Å²) in [5.74, 6) is 0.896. The molecule has 0 saturated carbocycles. The van der Waals surface area contributed by atoms with Gasteiger partial charge in [-0.15, -0.1) is 0 Å². The molecule has 0 saturated heterocycles. The largest absolute Gasteiger partial charge is 0.486 e. The highest BCUT2D eigenvalue weighted by Crippen LogP contribution is 2.39. The minimum atomic E-state index is -0.264. The van der Waals surface area contributed by atoms with Crippen molar-refractivity contribution in [1.82, 2.24) is 5.32 Å². The van der Waals surface area contributed by atoms with E-state index in [4.69, 9.17) is 9.47 Å². The molecule has 0 amide bonds. The Labute approximate surface area is 102 Å². The molecular weight excluding hydrogens is 277 g/mol. The van der Waals surface area contributed by atoms with Crippen LogP contribution in [0.1, 0.15) is 5.56 Å². The first-order valence-corrected chi connectivity index (χ1v) is 5.94. The van der Waals surface area contributed by atoms with Crippen LogP contribution in [0.2, 0.25) is 0 Å². The molecule has 0 aliphatic carbocycles. The average molecular weight is 290 g/mol. The molecule has 0 aromatic heterocycles. The number of halogens is 2. The number of benzene rings is 1. The van der Waals surface area contributed by atoms with E-state index in [1.54, 1.807) is 6.07 Å². The van der Waals surface area contributed by atoms with Crippen molar-refractivity contribution in [2.45, 2.75) is 6.42 Å². The predicted molar refractivity (Wildman–Crippen MR) is 62.7 cm³/mol. The molecule has 5 heteroatoms. The topological polar surface area (TPSA) is 30.5 Å². The first kappa shape index (κ1) is 11.7. The van der Waals surface area contributed by atoms with Crippen molar-refractivity contribution < 1.29 is 13.9 Å². The SMILES string of the molecule is CNCCc1c(F)c(Br)cc2c1OCCO2. The Bertz CT molecular complexity index is 398. The van der Waals surface area contributed by atoms with Crippen molar-refractivity contribution in [2.24, 2.45) is 0 Å². The molecule has 16 heavy (non-hydrogen) atoms. The Morgan fingerprint density at radius 2 is 2.19 bits per heavy atom. The smallest absolute Gasteiger partial charge is 0.167 e. The Hall–Kier alpha value is -0.810. The molecule has 1 heterocycles. The Morgan fingerprint density at radius 1 is 1.44 bits per heavy atom. The van der Waals surface area contributed by atoms with Gasteiger partial charge in [0, 0.05) is 11.6 Å². The van der Waals surface area contributed by atoms with E-state index in [-0.39, 0.29) is 5.82 Å². The summed E-state index contributed by atoms with van der Waals surface area (Å²) in [7, 11) is 1.83. The van der Waals surface area contributed by atoms with Crippen molar-refractivity contribution in [3.63, 3.8) is 0 Å². The molecule has 1 aliphatic heterocycles. The van der Waals surface area contributed by atoms with Gasteiger partial charge >= 0.3 is 0 Å². The lowest BCUT2D eigenvalue weighted by atomic mass is 10.1. The van der Waals surface area contributed by atoms with Crippen molar-refractivity contribution in [3.8, 4) is 11.5 Å². The summed E-state index contributed by atoms with van der Waals surface area (Å²) in [6.45, 7) is 1.68. The van der Waals surface area contributed by atoms with Crippen LogP contribution < -0.4 is 14.8 Å². The van der Waals surface area contributed by atoms with Crippen LogP contribution in [0.4, 0.5) is 4.39 Å². The summed E-state index contributed by atoms with van der Waals surface area (Å²) in [6, 6.07) is 1.62. The fraction of sp³-hybridized carbons (Fsp3) is 0.455. The van der Waals surface area contributed by atoms with Crippen molar-refractivity contribution in [3.05, 3.63) is 21.9 Å². The minimum absolute atomic E-state index is 0.264. The van der Waals surface area contributed by atoms with Gasteiger partial charge in [-0.25, -0.2) is 4.39 Å². The first-order chi connectivity index (χ1) is 7.74. The third kappa shape index (κ3) is 2.15. The maximum Gasteiger partial charge on any atom is 0.167 e. The van der Waals surface area contributed by atoms with E-state index < -0.39 is 0 Å². The second-order valence-electron chi connectivity index (χ2n) is 3.53. The zero-order valence-electron chi connectivity index (χ0n) is 8.98. The molecule has 3 nitrogen and oxygen atoms in total. The van der Waals surface area contributed by atoms with Gasteiger partial charge in [-0.1, -0.05) is 0 Å². The van der Waals surface area contributed by atoms with Gasteiger partial charge in [-0.3, -0.25) is 0 Å². The van der Waals surface area contributed by atoms with Gasteiger partial charge in [0.15, 0.2) is 11.5 Å². The Balaban J connectivity index is 2.41. The molecular formula is C11H13BrFNO2. The summed E-state index contributed by atoms with van der Waals surface area (Å²) in [5, 5.41) is 2.99. The van der Waals surface area contributed by atoms with Crippen LogP contribution in [0.5, 0.6) is 11.5 Å². The van der Waals surface area contributed by atoms with Crippen molar-refractivity contribution in [1.29, 1.82) is 0 Å². The minimum Gasteiger partial charge on any atom is -0.486 e. The standard InChI is InChI=1S/C11H13BrFNO2/c1-14-3-2-7-10(13)8(12)6-9-11(7)16-5-4-15-9/h6,14H,2-5H2,1H3. The van der Waals surface area contributed by atoms with E-state index >= 15 is 0 Å². The monoisotopic (exact) mass is 289 g/mol. The van der Waals surface area contributed by atoms with Crippen LogP contribution in [-0.2, 0) is 6.42 Å². The summed E-state index contributed by atoms with van der Waals surface area (Å²) in [4.78, 5) is 0. The number of likely N-dealkylation sites (N-methyl/N-ethyl adjacent to an activating group) is 1. The third-order valence-electron chi connectivity index (χ3n) is 2.44. The molecule has 1 N–H and O–H groups in total. The Kier molecular flexibility index (Phi) is 3.66. The first-order valence-electron chi connectivity index (χ1n) is 5.15.